The summed E-state index contributed by atoms with van der Waals surface area (Å²) in [5, 5.41) is 8.72. The Morgan fingerprint density at radius 2 is 1.72 bits per heavy atom. The minimum Gasteiger partial charge on any atom is -0.478 e. The molecule has 0 saturated carbocycles. The van der Waals surface area contributed by atoms with Crippen LogP contribution in [0.5, 0.6) is 0 Å². The van der Waals surface area contributed by atoms with Gasteiger partial charge in [-0.15, -0.1) is 0 Å². The fourth-order valence-corrected chi connectivity index (χ4v) is 1.86. The van der Waals surface area contributed by atoms with Crippen LogP contribution < -0.4 is 0 Å². The van der Waals surface area contributed by atoms with Gasteiger partial charge in [-0.3, -0.25) is 0 Å². The molecule has 0 aliphatic rings. The van der Waals surface area contributed by atoms with Crippen LogP contribution in [0.4, 0.5) is 8.78 Å². The van der Waals surface area contributed by atoms with Crippen LogP contribution in [0.2, 0.25) is 5.02 Å². The van der Waals surface area contributed by atoms with E-state index in [-0.39, 0.29) is 16.1 Å². The Balaban J connectivity index is 2.64. The highest BCUT2D eigenvalue weighted by atomic mass is 35.5. The molecule has 0 unspecified atom stereocenters. The molecule has 92 valence electrons. The first-order chi connectivity index (χ1) is 8.50. The largest absolute Gasteiger partial charge is 0.478 e. The first-order valence-corrected chi connectivity index (χ1v) is 5.35. The van der Waals surface area contributed by atoms with Gasteiger partial charge in [0.25, 0.3) is 0 Å². The predicted octanol–water partition coefficient (Wildman–Crippen LogP) is 3.98. The van der Waals surface area contributed by atoms with E-state index in [0.717, 1.165) is 12.1 Å². The molecule has 1 N–H and O–H groups in total. The predicted molar refractivity (Wildman–Crippen MR) is 63.8 cm³/mol. The molecule has 0 heterocycles. The van der Waals surface area contributed by atoms with E-state index in [1.807, 2.05) is 0 Å². The van der Waals surface area contributed by atoms with Gasteiger partial charge in [0.2, 0.25) is 0 Å². The smallest absolute Gasteiger partial charge is 0.338 e. The maximum absolute atomic E-state index is 13.5. The standard InChI is InChI=1S/C13H7ClF2O2/c14-10-5-9(13(17)18)12(16)6-8(10)7-3-1-2-4-11(7)15/h1-6H,(H,17,18). The average Bonchev–Trinajstić information content (AvgIpc) is 2.32. The van der Waals surface area contributed by atoms with Gasteiger partial charge >= 0.3 is 5.97 Å². The van der Waals surface area contributed by atoms with Gasteiger partial charge in [-0.05, 0) is 18.2 Å². The van der Waals surface area contributed by atoms with Gasteiger partial charge in [0, 0.05) is 16.1 Å². The molecule has 2 rings (SSSR count). The number of carbonyl (C=O) groups is 1. The van der Waals surface area contributed by atoms with E-state index >= 15 is 0 Å². The Hall–Kier alpha value is -1.94. The SMILES string of the molecule is O=C(O)c1cc(Cl)c(-c2ccccc2F)cc1F. The van der Waals surface area contributed by atoms with Crippen LogP contribution in [0, 0.1) is 11.6 Å². The summed E-state index contributed by atoms with van der Waals surface area (Å²) in [6, 6.07) is 7.63. The van der Waals surface area contributed by atoms with E-state index in [2.05, 4.69) is 0 Å². The molecular weight excluding hydrogens is 262 g/mol. The number of carboxylic acid groups (broad SMARTS) is 1. The van der Waals surface area contributed by atoms with E-state index in [9.17, 15) is 13.6 Å². The van der Waals surface area contributed by atoms with Crippen molar-refractivity contribution in [1.29, 1.82) is 0 Å². The van der Waals surface area contributed by atoms with E-state index in [4.69, 9.17) is 16.7 Å². The molecule has 0 amide bonds. The lowest BCUT2D eigenvalue weighted by molar-refractivity contribution is 0.0692. The fourth-order valence-electron chi connectivity index (χ4n) is 1.60. The Morgan fingerprint density at radius 1 is 1.06 bits per heavy atom. The lowest BCUT2D eigenvalue weighted by atomic mass is 10.0. The molecule has 0 bridgehead atoms. The summed E-state index contributed by atoms with van der Waals surface area (Å²) in [4.78, 5) is 10.7. The van der Waals surface area contributed by atoms with Gasteiger partial charge < -0.3 is 5.11 Å². The molecule has 0 aliphatic carbocycles. The topological polar surface area (TPSA) is 37.3 Å². The zero-order valence-electron chi connectivity index (χ0n) is 8.95. The van der Waals surface area contributed by atoms with Crippen LogP contribution in [-0.2, 0) is 0 Å². The Bertz CT molecular complexity index is 626. The van der Waals surface area contributed by atoms with Crippen molar-refractivity contribution in [2.75, 3.05) is 0 Å². The van der Waals surface area contributed by atoms with E-state index in [1.54, 1.807) is 6.07 Å². The molecule has 0 radical (unpaired) electrons. The number of carboxylic acids is 1. The number of halogens is 3. The zero-order chi connectivity index (χ0) is 13.3. The molecule has 0 aliphatic heterocycles. The maximum Gasteiger partial charge on any atom is 0.338 e. The second-order valence-corrected chi connectivity index (χ2v) is 4.00. The van der Waals surface area contributed by atoms with Crippen molar-refractivity contribution in [3.63, 3.8) is 0 Å². The summed E-state index contributed by atoms with van der Waals surface area (Å²) in [5.41, 5.74) is -0.296. The number of aromatic carboxylic acids is 1. The van der Waals surface area contributed by atoms with Gasteiger partial charge in [0.1, 0.15) is 11.6 Å². The molecule has 5 heteroatoms. The minimum absolute atomic E-state index is 0.0149. The third-order valence-electron chi connectivity index (χ3n) is 2.45. The third kappa shape index (κ3) is 2.19. The Morgan fingerprint density at radius 3 is 2.33 bits per heavy atom. The highest BCUT2D eigenvalue weighted by molar-refractivity contribution is 6.33. The van der Waals surface area contributed by atoms with Crippen LogP contribution in [0.25, 0.3) is 11.1 Å². The molecule has 0 atom stereocenters. The van der Waals surface area contributed by atoms with Crippen molar-refractivity contribution in [1.82, 2.24) is 0 Å². The molecular formula is C13H7ClF2O2. The summed E-state index contributed by atoms with van der Waals surface area (Å²) >= 11 is 5.86. The average molecular weight is 269 g/mol. The van der Waals surface area contributed by atoms with Crippen molar-refractivity contribution < 1.29 is 18.7 Å². The quantitative estimate of drug-likeness (QED) is 0.894. The summed E-state index contributed by atoms with van der Waals surface area (Å²) < 4.78 is 27.1. The molecule has 2 aromatic rings. The van der Waals surface area contributed by atoms with Crippen LogP contribution in [-0.4, -0.2) is 11.1 Å². The highest BCUT2D eigenvalue weighted by Crippen LogP contribution is 2.32. The lowest BCUT2D eigenvalue weighted by Gasteiger charge is -2.07. The summed E-state index contributed by atoms with van der Waals surface area (Å²) in [6.45, 7) is 0. The van der Waals surface area contributed by atoms with E-state index in [0.29, 0.717) is 0 Å². The van der Waals surface area contributed by atoms with Gasteiger partial charge in [-0.25, -0.2) is 13.6 Å². The summed E-state index contributed by atoms with van der Waals surface area (Å²) in [7, 11) is 0. The molecule has 0 spiro atoms. The maximum atomic E-state index is 13.5. The van der Waals surface area contributed by atoms with Crippen LogP contribution in [0.3, 0.4) is 0 Å². The number of hydrogen-bond acceptors (Lipinski definition) is 1. The van der Waals surface area contributed by atoms with Crippen molar-refractivity contribution >= 4 is 17.6 Å². The second kappa shape index (κ2) is 4.74. The first-order valence-electron chi connectivity index (χ1n) is 4.98. The zero-order valence-corrected chi connectivity index (χ0v) is 9.71. The molecule has 2 aromatic carbocycles. The second-order valence-electron chi connectivity index (χ2n) is 3.60. The lowest BCUT2D eigenvalue weighted by Crippen LogP contribution is -2.01. The third-order valence-corrected chi connectivity index (χ3v) is 2.76. The van der Waals surface area contributed by atoms with Gasteiger partial charge in [0.15, 0.2) is 0 Å². The minimum atomic E-state index is -1.42. The van der Waals surface area contributed by atoms with E-state index < -0.39 is 23.2 Å². The van der Waals surface area contributed by atoms with Crippen molar-refractivity contribution in [2.45, 2.75) is 0 Å². The number of benzene rings is 2. The van der Waals surface area contributed by atoms with Crippen molar-refractivity contribution in [3.05, 3.63) is 58.6 Å². The van der Waals surface area contributed by atoms with Gasteiger partial charge in [-0.1, -0.05) is 29.8 Å². The normalized spacial score (nSPS) is 10.4. The molecule has 0 saturated heterocycles. The Kier molecular flexibility index (Phi) is 3.30. The molecule has 0 aromatic heterocycles. The van der Waals surface area contributed by atoms with Gasteiger partial charge in [-0.2, -0.15) is 0 Å². The summed E-state index contributed by atoms with van der Waals surface area (Å²) in [6.07, 6.45) is 0. The molecule has 2 nitrogen and oxygen atoms in total. The highest BCUT2D eigenvalue weighted by Gasteiger charge is 2.16. The van der Waals surface area contributed by atoms with Crippen molar-refractivity contribution in [2.24, 2.45) is 0 Å². The van der Waals surface area contributed by atoms with Gasteiger partial charge in [0.05, 0.1) is 5.56 Å². The number of hydrogen-bond donors (Lipinski definition) is 1. The van der Waals surface area contributed by atoms with E-state index in [1.165, 1.54) is 18.2 Å². The van der Waals surface area contributed by atoms with Crippen LogP contribution in [0.15, 0.2) is 36.4 Å². The molecule has 0 fully saturated rings. The van der Waals surface area contributed by atoms with Crippen LogP contribution in [0.1, 0.15) is 10.4 Å². The van der Waals surface area contributed by atoms with Crippen LogP contribution >= 0.6 is 11.6 Å². The van der Waals surface area contributed by atoms with Crippen molar-refractivity contribution in [3.8, 4) is 11.1 Å². The number of rotatable bonds is 2. The fraction of sp³-hybridized carbons (Fsp3) is 0. The first kappa shape index (κ1) is 12.5. The Labute approximate surface area is 106 Å². The monoisotopic (exact) mass is 268 g/mol. The molecule has 18 heavy (non-hydrogen) atoms. The summed E-state index contributed by atoms with van der Waals surface area (Å²) in [5.74, 6) is -2.93.